The van der Waals surface area contributed by atoms with Gasteiger partial charge < -0.3 is 21.7 Å². The fourth-order valence-electron chi connectivity index (χ4n) is 0. The Labute approximate surface area is 60.6 Å². The van der Waals surface area contributed by atoms with Crippen LogP contribution in [-0.2, 0) is 0 Å². The standard InChI is InChI=1S/C3H8O.CH4N2O.CH4O/c1-3(2)4;2-1(3)4;1-2/h3-4H,1-2H3;(H4,2,3,4);2H,1H3. The summed E-state index contributed by atoms with van der Waals surface area (Å²) in [4.78, 5) is 9.00. The fraction of sp³-hybridized carbons (Fsp3) is 0.800. The zero-order valence-electron chi connectivity index (χ0n) is 6.53. The molecule has 0 radical (unpaired) electrons. The molecule has 0 saturated heterocycles. The van der Waals surface area contributed by atoms with Crippen LogP contribution in [0.25, 0.3) is 0 Å². The summed E-state index contributed by atoms with van der Waals surface area (Å²) in [6.45, 7) is 3.44. The number of amides is 2. The summed E-state index contributed by atoms with van der Waals surface area (Å²) in [5, 5.41) is 15.1. The lowest BCUT2D eigenvalue weighted by Gasteiger charge is -1.80. The first-order chi connectivity index (χ1) is 4.46. The van der Waals surface area contributed by atoms with E-state index in [0.29, 0.717) is 0 Å². The molecule has 0 spiro atoms. The number of carbonyl (C=O) groups excluding carboxylic acids is 1. The lowest BCUT2D eigenvalue weighted by atomic mass is 10.5. The van der Waals surface area contributed by atoms with Crippen LogP contribution in [0.2, 0.25) is 0 Å². The van der Waals surface area contributed by atoms with Crippen molar-refractivity contribution in [2.75, 3.05) is 7.11 Å². The van der Waals surface area contributed by atoms with Gasteiger partial charge in [0.1, 0.15) is 0 Å². The average Bonchev–Trinajstić information content (AvgIpc) is 1.66. The van der Waals surface area contributed by atoms with Crippen molar-refractivity contribution >= 4 is 6.03 Å². The van der Waals surface area contributed by atoms with E-state index in [1.54, 1.807) is 13.8 Å². The van der Waals surface area contributed by atoms with E-state index >= 15 is 0 Å². The quantitative estimate of drug-likeness (QED) is 0.358. The van der Waals surface area contributed by atoms with E-state index in [1.165, 1.54) is 0 Å². The highest BCUT2D eigenvalue weighted by atomic mass is 16.3. The molecular weight excluding hydrogens is 136 g/mol. The molecule has 0 aliphatic carbocycles. The molecule has 5 heteroatoms. The van der Waals surface area contributed by atoms with E-state index in [0.717, 1.165) is 7.11 Å². The van der Waals surface area contributed by atoms with Gasteiger partial charge in [0.05, 0.1) is 0 Å². The smallest absolute Gasteiger partial charge is 0.309 e. The summed E-state index contributed by atoms with van der Waals surface area (Å²) in [5.41, 5.74) is 8.50. The second kappa shape index (κ2) is 15.7. The second-order valence-corrected chi connectivity index (χ2v) is 1.50. The van der Waals surface area contributed by atoms with Crippen LogP contribution in [0, 0.1) is 0 Å². The lowest BCUT2D eigenvalue weighted by Crippen LogP contribution is -2.18. The lowest BCUT2D eigenvalue weighted by molar-refractivity contribution is 0.216. The first-order valence-corrected chi connectivity index (χ1v) is 2.64. The molecule has 10 heavy (non-hydrogen) atoms. The third kappa shape index (κ3) is 420. The van der Waals surface area contributed by atoms with Gasteiger partial charge in [0, 0.05) is 13.2 Å². The SMILES string of the molecule is CC(C)O.CO.NC(N)=O. The Bertz CT molecular complexity index is 59.2. The number of carbonyl (C=O) groups is 1. The Hall–Kier alpha value is -0.810. The predicted octanol–water partition coefficient (Wildman–Crippen LogP) is -0.981. The summed E-state index contributed by atoms with van der Waals surface area (Å²) in [6, 6.07) is -0.833. The topological polar surface area (TPSA) is 110 Å². The Morgan fingerprint density at radius 1 is 1.30 bits per heavy atom. The van der Waals surface area contributed by atoms with Crippen molar-refractivity contribution in [3.63, 3.8) is 0 Å². The van der Waals surface area contributed by atoms with Crippen LogP contribution in [0.4, 0.5) is 4.79 Å². The van der Waals surface area contributed by atoms with Gasteiger partial charge in [-0.25, -0.2) is 4.79 Å². The highest BCUT2D eigenvalue weighted by molar-refractivity contribution is 5.69. The van der Waals surface area contributed by atoms with E-state index in [2.05, 4.69) is 11.5 Å². The second-order valence-electron chi connectivity index (χ2n) is 1.50. The average molecular weight is 152 g/mol. The van der Waals surface area contributed by atoms with Gasteiger partial charge in [0.25, 0.3) is 0 Å². The van der Waals surface area contributed by atoms with Crippen molar-refractivity contribution in [1.29, 1.82) is 0 Å². The molecule has 0 aliphatic rings. The third-order valence-corrected chi connectivity index (χ3v) is 0. The molecule has 0 aromatic heterocycles. The molecule has 0 rings (SSSR count). The normalized spacial score (nSPS) is 6.60. The number of hydrogen-bond donors (Lipinski definition) is 4. The zero-order chi connectivity index (χ0) is 9.15. The molecule has 6 N–H and O–H groups in total. The van der Waals surface area contributed by atoms with E-state index < -0.39 is 6.03 Å². The number of nitrogens with two attached hydrogens (primary N) is 2. The summed E-state index contributed by atoms with van der Waals surface area (Å²) in [7, 11) is 1.00. The van der Waals surface area contributed by atoms with Crippen LogP contribution in [0.3, 0.4) is 0 Å². The fourth-order valence-corrected chi connectivity index (χ4v) is 0. The molecule has 0 unspecified atom stereocenters. The number of aliphatic hydroxyl groups is 2. The highest BCUT2D eigenvalue weighted by Crippen LogP contribution is 1.65. The van der Waals surface area contributed by atoms with Crippen molar-refractivity contribution in [3.8, 4) is 0 Å². The van der Waals surface area contributed by atoms with Gasteiger partial charge in [0.2, 0.25) is 0 Å². The number of hydrogen-bond acceptors (Lipinski definition) is 3. The molecule has 0 aliphatic heterocycles. The van der Waals surface area contributed by atoms with Crippen molar-refractivity contribution in [1.82, 2.24) is 0 Å². The Balaban J connectivity index is -0.0000000787. The number of rotatable bonds is 0. The molecule has 0 saturated carbocycles. The van der Waals surface area contributed by atoms with Crippen LogP contribution in [0.15, 0.2) is 0 Å². The Morgan fingerprint density at radius 2 is 1.30 bits per heavy atom. The third-order valence-electron chi connectivity index (χ3n) is 0. The minimum atomic E-state index is -0.833. The minimum absolute atomic E-state index is 0.167. The van der Waals surface area contributed by atoms with Gasteiger partial charge in [-0.2, -0.15) is 0 Å². The van der Waals surface area contributed by atoms with Crippen LogP contribution < -0.4 is 11.5 Å². The molecule has 64 valence electrons. The van der Waals surface area contributed by atoms with Crippen molar-refractivity contribution in [2.24, 2.45) is 11.5 Å². The first-order valence-electron chi connectivity index (χ1n) is 2.64. The number of primary amides is 2. The maximum Gasteiger partial charge on any atom is 0.309 e. The summed E-state index contributed by atoms with van der Waals surface area (Å²) in [6.07, 6.45) is -0.167. The number of urea groups is 1. The monoisotopic (exact) mass is 152 g/mol. The summed E-state index contributed by atoms with van der Waals surface area (Å²) >= 11 is 0. The minimum Gasteiger partial charge on any atom is -0.400 e. The van der Waals surface area contributed by atoms with Crippen LogP contribution in [0.1, 0.15) is 13.8 Å². The van der Waals surface area contributed by atoms with Crippen LogP contribution in [0.5, 0.6) is 0 Å². The molecule has 0 fully saturated rings. The molecule has 0 aromatic rings. The van der Waals surface area contributed by atoms with Crippen LogP contribution in [-0.4, -0.2) is 29.5 Å². The molecule has 5 nitrogen and oxygen atoms in total. The predicted molar refractivity (Wildman–Crippen MR) is 39.3 cm³/mol. The first kappa shape index (κ1) is 16.1. The Kier molecular flexibility index (Phi) is 25.3. The zero-order valence-corrected chi connectivity index (χ0v) is 6.53. The van der Waals surface area contributed by atoms with Gasteiger partial charge in [0.15, 0.2) is 0 Å². The van der Waals surface area contributed by atoms with Gasteiger partial charge in [-0.1, -0.05) is 0 Å². The maximum atomic E-state index is 9.00. The van der Waals surface area contributed by atoms with Gasteiger partial charge in [-0.05, 0) is 13.8 Å². The van der Waals surface area contributed by atoms with E-state index in [1.807, 2.05) is 0 Å². The van der Waals surface area contributed by atoms with E-state index in [9.17, 15) is 0 Å². The molecule has 0 aromatic carbocycles. The molecule has 0 bridgehead atoms. The van der Waals surface area contributed by atoms with Gasteiger partial charge in [-0.15, -0.1) is 0 Å². The van der Waals surface area contributed by atoms with E-state index in [-0.39, 0.29) is 6.10 Å². The largest absolute Gasteiger partial charge is 0.400 e. The highest BCUT2D eigenvalue weighted by Gasteiger charge is 1.69. The van der Waals surface area contributed by atoms with Crippen molar-refractivity contribution in [2.45, 2.75) is 20.0 Å². The maximum absolute atomic E-state index is 9.00. The number of aliphatic hydroxyl groups excluding tert-OH is 2. The van der Waals surface area contributed by atoms with Crippen LogP contribution >= 0.6 is 0 Å². The molecule has 0 heterocycles. The van der Waals surface area contributed by atoms with E-state index in [4.69, 9.17) is 15.0 Å². The Morgan fingerprint density at radius 3 is 1.30 bits per heavy atom. The summed E-state index contributed by atoms with van der Waals surface area (Å²) < 4.78 is 0. The summed E-state index contributed by atoms with van der Waals surface area (Å²) in [5.74, 6) is 0. The van der Waals surface area contributed by atoms with Crippen molar-refractivity contribution < 1.29 is 15.0 Å². The molecule has 2 amide bonds. The van der Waals surface area contributed by atoms with Crippen molar-refractivity contribution in [3.05, 3.63) is 0 Å². The van der Waals surface area contributed by atoms with Gasteiger partial charge in [-0.3, -0.25) is 0 Å². The molecular formula is C5H16N2O3. The van der Waals surface area contributed by atoms with Gasteiger partial charge >= 0.3 is 6.03 Å². The molecule has 0 atom stereocenters.